The van der Waals surface area contributed by atoms with E-state index in [1.54, 1.807) is 13.0 Å². The minimum absolute atomic E-state index is 0.122. The van der Waals surface area contributed by atoms with Crippen LogP contribution in [0.3, 0.4) is 0 Å². The van der Waals surface area contributed by atoms with Gasteiger partial charge in [0.05, 0.1) is 16.8 Å². The molecule has 0 aliphatic carbocycles. The van der Waals surface area contributed by atoms with Crippen LogP contribution >= 0.6 is 0 Å². The number of aryl methyl sites for hydroxylation is 1. The quantitative estimate of drug-likeness (QED) is 0.719. The number of benzene rings is 1. The van der Waals surface area contributed by atoms with Gasteiger partial charge in [0.15, 0.2) is 5.82 Å². The lowest BCUT2D eigenvalue weighted by Gasteiger charge is -2.13. The Balaban J connectivity index is 1.73. The van der Waals surface area contributed by atoms with Crippen molar-refractivity contribution in [3.8, 4) is 0 Å². The fourth-order valence-corrected chi connectivity index (χ4v) is 2.19. The van der Waals surface area contributed by atoms with E-state index in [1.807, 2.05) is 0 Å². The summed E-state index contributed by atoms with van der Waals surface area (Å²) in [6.45, 7) is 1.68. The van der Waals surface area contributed by atoms with Gasteiger partial charge >= 0.3 is 6.18 Å². The summed E-state index contributed by atoms with van der Waals surface area (Å²) < 4.78 is 43.9. The number of para-hydroxylation sites is 1. The molecule has 1 aromatic carbocycles. The third kappa shape index (κ3) is 4.00. The van der Waals surface area contributed by atoms with Crippen LogP contribution in [0.25, 0.3) is 0 Å². The minimum Gasteiger partial charge on any atom is -0.360 e. The van der Waals surface area contributed by atoms with Crippen LogP contribution in [0.15, 0.2) is 53.2 Å². The number of anilines is 3. The number of pyridine rings is 1. The molecule has 0 atom stereocenters. The van der Waals surface area contributed by atoms with E-state index in [9.17, 15) is 18.0 Å². The second-order valence-corrected chi connectivity index (χ2v) is 5.38. The van der Waals surface area contributed by atoms with E-state index >= 15 is 0 Å². The number of hydrogen-bond donors (Lipinski definition) is 2. The maximum atomic E-state index is 13.0. The van der Waals surface area contributed by atoms with Gasteiger partial charge in [-0.2, -0.15) is 13.2 Å². The first kappa shape index (κ1) is 17.5. The van der Waals surface area contributed by atoms with Gasteiger partial charge in [-0.05, 0) is 31.2 Å². The third-order valence-corrected chi connectivity index (χ3v) is 3.39. The molecule has 6 nitrogen and oxygen atoms in total. The molecule has 0 saturated carbocycles. The number of carbonyl (C=O) groups excluding carboxylic acids is 1. The summed E-state index contributed by atoms with van der Waals surface area (Å²) >= 11 is 0. The minimum atomic E-state index is -4.49. The van der Waals surface area contributed by atoms with Crippen LogP contribution in [0.2, 0.25) is 0 Å². The fourth-order valence-electron chi connectivity index (χ4n) is 2.19. The van der Waals surface area contributed by atoms with E-state index in [1.165, 1.54) is 36.5 Å². The van der Waals surface area contributed by atoms with Crippen LogP contribution in [0.4, 0.5) is 30.5 Å². The molecule has 134 valence electrons. The summed E-state index contributed by atoms with van der Waals surface area (Å²) in [6, 6.07) is 9.47. The average Bonchev–Trinajstić information content (AvgIpc) is 3.00. The SMILES string of the molecule is Cc1cc(NC(=O)c2ccc(Nc3ccccc3C(F)(F)F)nc2)no1. The van der Waals surface area contributed by atoms with Crippen molar-refractivity contribution in [3.05, 3.63) is 65.5 Å². The van der Waals surface area contributed by atoms with Crippen molar-refractivity contribution in [2.24, 2.45) is 0 Å². The molecule has 0 radical (unpaired) electrons. The van der Waals surface area contributed by atoms with Crippen molar-refractivity contribution in [2.45, 2.75) is 13.1 Å². The largest absolute Gasteiger partial charge is 0.418 e. The molecule has 2 heterocycles. The summed E-state index contributed by atoms with van der Waals surface area (Å²) in [5, 5.41) is 8.77. The number of halogens is 3. The Morgan fingerprint density at radius 3 is 2.50 bits per heavy atom. The zero-order valence-electron chi connectivity index (χ0n) is 13.5. The molecule has 0 fully saturated rings. The van der Waals surface area contributed by atoms with Crippen molar-refractivity contribution >= 4 is 23.2 Å². The lowest BCUT2D eigenvalue weighted by molar-refractivity contribution is -0.136. The van der Waals surface area contributed by atoms with Crippen molar-refractivity contribution < 1.29 is 22.5 Å². The molecular weight excluding hydrogens is 349 g/mol. The van der Waals surface area contributed by atoms with Gasteiger partial charge in [-0.25, -0.2) is 4.98 Å². The van der Waals surface area contributed by atoms with Crippen molar-refractivity contribution in [2.75, 3.05) is 10.6 Å². The molecule has 0 aliphatic rings. The van der Waals surface area contributed by atoms with Gasteiger partial charge in [-0.3, -0.25) is 4.79 Å². The topological polar surface area (TPSA) is 80.0 Å². The molecule has 3 rings (SSSR count). The van der Waals surface area contributed by atoms with Gasteiger partial charge in [0, 0.05) is 12.3 Å². The van der Waals surface area contributed by atoms with Gasteiger partial charge in [0.2, 0.25) is 0 Å². The molecule has 9 heteroatoms. The summed E-state index contributed by atoms with van der Waals surface area (Å²) in [5.41, 5.74) is -0.701. The van der Waals surface area contributed by atoms with E-state index in [0.29, 0.717) is 5.76 Å². The number of nitrogens with one attached hydrogen (secondary N) is 2. The van der Waals surface area contributed by atoms with Gasteiger partial charge in [0.25, 0.3) is 5.91 Å². The van der Waals surface area contributed by atoms with Crippen LogP contribution in [0.5, 0.6) is 0 Å². The van der Waals surface area contributed by atoms with Crippen LogP contribution < -0.4 is 10.6 Å². The highest BCUT2D eigenvalue weighted by Crippen LogP contribution is 2.35. The molecule has 0 aliphatic heterocycles. The van der Waals surface area contributed by atoms with Crippen molar-refractivity contribution in [1.29, 1.82) is 0 Å². The Labute approximate surface area is 146 Å². The summed E-state index contributed by atoms with van der Waals surface area (Å²) in [4.78, 5) is 16.1. The molecule has 3 aromatic rings. The highest BCUT2D eigenvalue weighted by molar-refractivity contribution is 6.03. The maximum Gasteiger partial charge on any atom is 0.418 e. The van der Waals surface area contributed by atoms with E-state index in [4.69, 9.17) is 4.52 Å². The number of alkyl halides is 3. The van der Waals surface area contributed by atoms with Gasteiger partial charge < -0.3 is 15.2 Å². The first-order valence-corrected chi connectivity index (χ1v) is 7.47. The smallest absolute Gasteiger partial charge is 0.360 e. The lowest BCUT2D eigenvalue weighted by atomic mass is 10.1. The molecule has 0 bridgehead atoms. The van der Waals surface area contributed by atoms with Crippen LogP contribution in [0.1, 0.15) is 21.7 Å². The summed E-state index contributed by atoms with van der Waals surface area (Å²) in [6.07, 6.45) is -3.24. The van der Waals surface area contributed by atoms with Crippen LogP contribution in [-0.2, 0) is 6.18 Å². The van der Waals surface area contributed by atoms with Crippen molar-refractivity contribution in [3.63, 3.8) is 0 Å². The number of aromatic nitrogens is 2. The van der Waals surface area contributed by atoms with Gasteiger partial charge in [-0.15, -0.1) is 0 Å². The van der Waals surface area contributed by atoms with E-state index < -0.39 is 17.6 Å². The van der Waals surface area contributed by atoms with Crippen molar-refractivity contribution in [1.82, 2.24) is 10.1 Å². The van der Waals surface area contributed by atoms with Crippen LogP contribution in [-0.4, -0.2) is 16.0 Å². The Morgan fingerprint density at radius 2 is 1.88 bits per heavy atom. The summed E-state index contributed by atoms with van der Waals surface area (Å²) in [5.74, 6) is 0.513. The number of amides is 1. The Morgan fingerprint density at radius 1 is 1.12 bits per heavy atom. The predicted molar refractivity (Wildman–Crippen MR) is 88.2 cm³/mol. The second kappa shape index (κ2) is 6.87. The number of hydrogen-bond acceptors (Lipinski definition) is 5. The molecule has 0 unspecified atom stereocenters. The lowest BCUT2D eigenvalue weighted by Crippen LogP contribution is -2.13. The zero-order valence-corrected chi connectivity index (χ0v) is 13.5. The Kier molecular flexibility index (Phi) is 4.61. The Bertz CT molecular complexity index is 920. The molecule has 1 amide bonds. The molecule has 2 aromatic heterocycles. The van der Waals surface area contributed by atoms with Crippen LogP contribution in [0, 0.1) is 6.92 Å². The zero-order chi connectivity index (χ0) is 18.7. The average molecular weight is 362 g/mol. The molecule has 2 N–H and O–H groups in total. The van der Waals surface area contributed by atoms with E-state index in [2.05, 4.69) is 20.8 Å². The molecule has 26 heavy (non-hydrogen) atoms. The maximum absolute atomic E-state index is 13.0. The summed E-state index contributed by atoms with van der Waals surface area (Å²) in [7, 11) is 0. The fraction of sp³-hybridized carbons (Fsp3) is 0.118. The second-order valence-electron chi connectivity index (χ2n) is 5.38. The number of carbonyl (C=O) groups is 1. The number of nitrogens with zero attached hydrogens (tertiary/aromatic N) is 2. The van der Waals surface area contributed by atoms with Gasteiger partial charge in [0.1, 0.15) is 11.6 Å². The van der Waals surface area contributed by atoms with Gasteiger partial charge in [-0.1, -0.05) is 17.3 Å². The van der Waals surface area contributed by atoms with E-state index in [0.717, 1.165) is 6.07 Å². The normalized spacial score (nSPS) is 11.2. The standard InChI is InChI=1S/C17H13F3N4O2/c1-10-8-15(24-26-10)23-16(25)11-6-7-14(21-9-11)22-13-5-3-2-4-12(13)17(18,19)20/h2-9H,1H3,(H,21,22)(H,23,24,25). The van der Waals surface area contributed by atoms with E-state index in [-0.39, 0.29) is 22.9 Å². The number of rotatable bonds is 4. The predicted octanol–water partition coefficient (Wildman–Crippen LogP) is 4.39. The first-order chi connectivity index (χ1) is 12.3. The monoisotopic (exact) mass is 362 g/mol. The third-order valence-electron chi connectivity index (χ3n) is 3.39. The first-order valence-electron chi connectivity index (χ1n) is 7.47. The molecule has 0 spiro atoms. The Hall–Kier alpha value is -3.36. The highest BCUT2D eigenvalue weighted by atomic mass is 19.4. The molecular formula is C17H13F3N4O2. The molecule has 0 saturated heterocycles. The highest BCUT2D eigenvalue weighted by Gasteiger charge is 2.33.